The van der Waals surface area contributed by atoms with Crippen molar-refractivity contribution >= 4 is 11.6 Å². The van der Waals surface area contributed by atoms with E-state index >= 15 is 0 Å². The molecule has 100 valence electrons. The van der Waals surface area contributed by atoms with Crippen molar-refractivity contribution in [1.82, 2.24) is 5.32 Å². The molecule has 0 fully saturated rings. The number of amides is 1. The Morgan fingerprint density at radius 3 is 2.67 bits per heavy atom. The summed E-state index contributed by atoms with van der Waals surface area (Å²) in [5, 5.41) is 6.22. The van der Waals surface area contributed by atoms with Crippen molar-refractivity contribution in [3.05, 3.63) is 29.3 Å². The highest BCUT2D eigenvalue weighted by Gasteiger charge is 2.06. The zero-order chi connectivity index (χ0) is 13.5. The standard InChI is InChI=1S/C15H24N2O/c1-5-16-15(18)13-7-6-12(4)14(10-13)17-9-8-11(2)3/h6-7,10-11,17H,5,8-9H2,1-4H3,(H,16,18). The molecule has 0 spiro atoms. The van der Waals surface area contributed by atoms with Crippen LogP contribution in [0.4, 0.5) is 5.69 Å². The molecule has 1 amide bonds. The molecule has 0 atom stereocenters. The maximum absolute atomic E-state index is 11.8. The average molecular weight is 248 g/mol. The van der Waals surface area contributed by atoms with Gasteiger partial charge in [0.25, 0.3) is 5.91 Å². The fraction of sp³-hybridized carbons (Fsp3) is 0.533. The Labute approximate surface area is 110 Å². The Hall–Kier alpha value is -1.51. The molecule has 0 radical (unpaired) electrons. The van der Waals surface area contributed by atoms with Crippen LogP contribution in [0.2, 0.25) is 0 Å². The Bertz CT molecular complexity index is 399. The van der Waals surface area contributed by atoms with Gasteiger partial charge in [-0.2, -0.15) is 0 Å². The molecule has 2 N–H and O–H groups in total. The summed E-state index contributed by atoms with van der Waals surface area (Å²) in [5.74, 6) is 0.675. The van der Waals surface area contributed by atoms with Gasteiger partial charge in [-0.15, -0.1) is 0 Å². The van der Waals surface area contributed by atoms with Crippen molar-refractivity contribution in [2.75, 3.05) is 18.4 Å². The third kappa shape index (κ3) is 4.40. The van der Waals surface area contributed by atoms with Crippen LogP contribution in [-0.2, 0) is 0 Å². The summed E-state index contributed by atoms with van der Waals surface area (Å²) in [6.07, 6.45) is 1.13. The highest BCUT2D eigenvalue weighted by molar-refractivity contribution is 5.95. The topological polar surface area (TPSA) is 41.1 Å². The van der Waals surface area contributed by atoms with Crippen molar-refractivity contribution < 1.29 is 4.79 Å². The van der Waals surface area contributed by atoms with Crippen LogP contribution in [-0.4, -0.2) is 19.0 Å². The van der Waals surface area contributed by atoms with Crippen molar-refractivity contribution in [3.63, 3.8) is 0 Å². The van der Waals surface area contributed by atoms with Crippen LogP contribution in [0, 0.1) is 12.8 Å². The maximum atomic E-state index is 11.8. The number of carbonyl (C=O) groups excluding carboxylic acids is 1. The van der Waals surface area contributed by atoms with Gasteiger partial charge in [-0.1, -0.05) is 19.9 Å². The van der Waals surface area contributed by atoms with Gasteiger partial charge >= 0.3 is 0 Å². The minimum Gasteiger partial charge on any atom is -0.385 e. The Morgan fingerprint density at radius 1 is 1.33 bits per heavy atom. The van der Waals surface area contributed by atoms with Crippen molar-refractivity contribution in [2.24, 2.45) is 5.92 Å². The summed E-state index contributed by atoms with van der Waals surface area (Å²) in [4.78, 5) is 11.8. The van der Waals surface area contributed by atoms with Crippen LogP contribution in [0.1, 0.15) is 43.1 Å². The van der Waals surface area contributed by atoms with Crippen LogP contribution in [0.5, 0.6) is 0 Å². The molecule has 3 heteroatoms. The summed E-state index contributed by atoms with van der Waals surface area (Å²) in [5.41, 5.74) is 2.95. The number of rotatable bonds is 6. The molecule has 0 saturated carbocycles. The maximum Gasteiger partial charge on any atom is 0.251 e. The minimum atomic E-state index is -0.00981. The lowest BCUT2D eigenvalue weighted by Crippen LogP contribution is -2.22. The van der Waals surface area contributed by atoms with Crippen molar-refractivity contribution in [1.29, 1.82) is 0 Å². The van der Waals surface area contributed by atoms with Crippen molar-refractivity contribution in [3.8, 4) is 0 Å². The van der Waals surface area contributed by atoms with E-state index in [9.17, 15) is 4.79 Å². The Morgan fingerprint density at radius 2 is 2.06 bits per heavy atom. The molecule has 0 aromatic heterocycles. The molecule has 1 rings (SSSR count). The van der Waals surface area contributed by atoms with Crippen molar-refractivity contribution in [2.45, 2.75) is 34.1 Å². The van der Waals surface area contributed by atoms with Crippen LogP contribution in [0.3, 0.4) is 0 Å². The lowest BCUT2D eigenvalue weighted by Gasteiger charge is -2.12. The fourth-order valence-corrected chi connectivity index (χ4v) is 1.71. The Balaban J connectivity index is 2.71. The van der Waals surface area contributed by atoms with E-state index < -0.39 is 0 Å². The molecular weight excluding hydrogens is 224 g/mol. The second kappa shape index (κ2) is 7.04. The summed E-state index contributed by atoms with van der Waals surface area (Å²) >= 11 is 0. The first kappa shape index (κ1) is 14.6. The van der Waals surface area contributed by atoms with Gasteiger partial charge in [-0.05, 0) is 43.9 Å². The Kier molecular flexibility index (Phi) is 5.69. The zero-order valence-electron chi connectivity index (χ0n) is 11.8. The molecule has 0 bridgehead atoms. The van der Waals surface area contributed by atoms with Crippen LogP contribution < -0.4 is 10.6 Å². The molecule has 0 aliphatic heterocycles. The molecular formula is C15H24N2O. The van der Waals surface area contributed by atoms with Crippen LogP contribution in [0.25, 0.3) is 0 Å². The van der Waals surface area contributed by atoms with Crippen LogP contribution >= 0.6 is 0 Å². The lowest BCUT2D eigenvalue weighted by atomic mass is 10.1. The first-order valence-corrected chi connectivity index (χ1v) is 6.67. The second-order valence-corrected chi connectivity index (χ2v) is 5.00. The number of anilines is 1. The molecule has 1 aromatic rings. The van der Waals surface area contributed by atoms with E-state index in [-0.39, 0.29) is 5.91 Å². The third-order valence-corrected chi connectivity index (χ3v) is 2.87. The number of aryl methyl sites for hydroxylation is 1. The number of hydrogen-bond donors (Lipinski definition) is 2. The number of carbonyl (C=O) groups is 1. The molecule has 0 heterocycles. The first-order chi connectivity index (χ1) is 8.54. The normalized spacial score (nSPS) is 10.5. The molecule has 3 nitrogen and oxygen atoms in total. The van der Waals surface area contributed by atoms with Gasteiger partial charge in [-0.25, -0.2) is 0 Å². The number of hydrogen-bond acceptors (Lipinski definition) is 2. The predicted octanol–water partition coefficient (Wildman–Crippen LogP) is 3.20. The highest BCUT2D eigenvalue weighted by Crippen LogP contribution is 2.17. The van der Waals surface area contributed by atoms with E-state index in [4.69, 9.17) is 0 Å². The molecule has 1 aromatic carbocycles. The molecule has 0 aliphatic rings. The van der Waals surface area contributed by atoms with E-state index in [1.54, 1.807) is 0 Å². The SMILES string of the molecule is CCNC(=O)c1ccc(C)c(NCCC(C)C)c1. The van der Waals surface area contributed by atoms with E-state index in [2.05, 4.69) is 31.4 Å². The quantitative estimate of drug-likeness (QED) is 0.811. The monoisotopic (exact) mass is 248 g/mol. The molecule has 0 saturated heterocycles. The van der Waals surface area contributed by atoms with Gasteiger partial charge in [0.05, 0.1) is 0 Å². The van der Waals surface area contributed by atoms with Crippen LogP contribution in [0.15, 0.2) is 18.2 Å². The van der Waals surface area contributed by atoms with E-state index in [0.717, 1.165) is 24.2 Å². The number of nitrogens with one attached hydrogen (secondary N) is 2. The first-order valence-electron chi connectivity index (χ1n) is 6.67. The fourth-order valence-electron chi connectivity index (χ4n) is 1.71. The summed E-state index contributed by atoms with van der Waals surface area (Å²) in [7, 11) is 0. The summed E-state index contributed by atoms with van der Waals surface area (Å²) in [6.45, 7) is 9.99. The number of benzene rings is 1. The zero-order valence-corrected chi connectivity index (χ0v) is 11.8. The van der Waals surface area contributed by atoms with Gasteiger partial charge < -0.3 is 10.6 Å². The molecule has 18 heavy (non-hydrogen) atoms. The lowest BCUT2D eigenvalue weighted by molar-refractivity contribution is 0.0956. The van der Waals surface area contributed by atoms with Gasteiger partial charge in [0.2, 0.25) is 0 Å². The summed E-state index contributed by atoms with van der Waals surface area (Å²) in [6, 6.07) is 5.79. The van der Waals surface area contributed by atoms with Gasteiger partial charge in [0, 0.05) is 24.3 Å². The van der Waals surface area contributed by atoms with E-state index in [1.165, 1.54) is 5.56 Å². The minimum absolute atomic E-state index is 0.00981. The van der Waals surface area contributed by atoms with E-state index in [1.807, 2.05) is 25.1 Å². The second-order valence-electron chi connectivity index (χ2n) is 5.00. The van der Waals surface area contributed by atoms with Gasteiger partial charge in [0.15, 0.2) is 0 Å². The van der Waals surface area contributed by atoms with Gasteiger partial charge in [0.1, 0.15) is 0 Å². The largest absolute Gasteiger partial charge is 0.385 e. The van der Waals surface area contributed by atoms with Gasteiger partial charge in [-0.3, -0.25) is 4.79 Å². The smallest absolute Gasteiger partial charge is 0.251 e. The summed E-state index contributed by atoms with van der Waals surface area (Å²) < 4.78 is 0. The highest BCUT2D eigenvalue weighted by atomic mass is 16.1. The molecule has 0 aliphatic carbocycles. The average Bonchev–Trinajstić information content (AvgIpc) is 2.31. The molecule has 0 unspecified atom stereocenters. The van der Waals surface area contributed by atoms with E-state index in [0.29, 0.717) is 12.5 Å². The third-order valence-electron chi connectivity index (χ3n) is 2.87. The predicted molar refractivity (Wildman–Crippen MR) is 77.1 cm³/mol.